The van der Waals surface area contributed by atoms with Gasteiger partial charge in [-0.05, 0) is 6.42 Å². The number of esters is 1. The van der Waals surface area contributed by atoms with Crippen LogP contribution in [0.3, 0.4) is 0 Å². The molecule has 0 fully saturated rings. The molecule has 0 atom stereocenters. The second-order valence-electron chi connectivity index (χ2n) is 3.07. The van der Waals surface area contributed by atoms with Crippen LogP contribution in [0, 0.1) is 0 Å². The highest BCUT2D eigenvalue weighted by molar-refractivity contribution is 14.1. The fraction of sp³-hybridized carbons (Fsp3) is 0.900. The quantitative estimate of drug-likeness (QED) is 0.297. The van der Waals surface area contributed by atoms with Crippen molar-refractivity contribution in [3.05, 3.63) is 0 Å². The van der Waals surface area contributed by atoms with E-state index in [9.17, 15) is 4.79 Å². The van der Waals surface area contributed by atoms with E-state index in [0.29, 0.717) is 13.0 Å². The van der Waals surface area contributed by atoms with Gasteiger partial charge < -0.3 is 4.74 Å². The van der Waals surface area contributed by atoms with Crippen molar-refractivity contribution in [3.63, 3.8) is 0 Å². The van der Waals surface area contributed by atoms with Crippen LogP contribution in [0.1, 0.15) is 45.4 Å². The maximum Gasteiger partial charge on any atom is 0.306 e. The fourth-order valence-electron chi connectivity index (χ4n) is 1.04. The third-order valence-electron chi connectivity index (χ3n) is 1.81. The molecule has 78 valence electrons. The van der Waals surface area contributed by atoms with E-state index in [0.717, 1.165) is 10.8 Å². The number of carbonyl (C=O) groups excluding carboxylic acids is 1. The first-order chi connectivity index (χ1) is 6.31. The number of rotatable bonds is 8. The predicted molar refractivity (Wildman–Crippen MR) is 63.2 cm³/mol. The van der Waals surface area contributed by atoms with E-state index >= 15 is 0 Å². The van der Waals surface area contributed by atoms with Gasteiger partial charge in [0.25, 0.3) is 0 Å². The van der Waals surface area contributed by atoms with Gasteiger partial charge in [0, 0.05) is 4.43 Å². The highest BCUT2D eigenvalue weighted by Crippen LogP contribution is 2.02. The van der Waals surface area contributed by atoms with E-state index in [2.05, 4.69) is 29.5 Å². The number of carbonyl (C=O) groups is 1. The van der Waals surface area contributed by atoms with Gasteiger partial charge in [-0.1, -0.05) is 55.2 Å². The van der Waals surface area contributed by atoms with Crippen molar-refractivity contribution in [3.8, 4) is 0 Å². The molecule has 0 N–H and O–H groups in total. The summed E-state index contributed by atoms with van der Waals surface area (Å²) >= 11 is 2.18. The number of ether oxygens (including phenoxy) is 1. The van der Waals surface area contributed by atoms with Crippen LogP contribution in [-0.2, 0) is 9.53 Å². The van der Waals surface area contributed by atoms with Gasteiger partial charge in [-0.15, -0.1) is 0 Å². The van der Waals surface area contributed by atoms with Crippen molar-refractivity contribution in [2.75, 3.05) is 11.0 Å². The lowest BCUT2D eigenvalue weighted by Crippen LogP contribution is -2.05. The Morgan fingerprint density at radius 2 is 1.92 bits per heavy atom. The standard InChI is InChI=1S/C10H19IO2/c1-2-3-4-5-6-9-13-10(12)7-8-11/h2-9H2,1H3. The molecule has 0 amide bonds. The molecule has 0 aromatic heterocycles. The molecule has 0 saturated heterocycles. The summed E-state index contributed by atoms with van der Waals surface area (Å²) in [7, 11) is 0. The van der Waals surface area contributed by atoms with Gasteiger partial charge >= 0.3 is 5.97 Å². The summed E-state index contributed by atoms with van der Waals surface area (Å²) in [5.74, 6) is -0.0510. The summed E-state index contributed by atoms with van der Waals surface area (Å²) in [5, 5.41) is 0. The van der Waals surface area contributed by atoms with E-state index < -0.39 is 0 Å². The normalized spacial score (nSPS) is 10.0. The number of hydrogen-bond donors (Lipinski definition) is 0. The molecule has 0 unspecified atom stereocenters. The predicted octanol–water partition coefficient (Wildman–Crippen LogP) is 3.33. The van der Waals surface area contributed by atoms with Crippen molar-refractivity contribution < 1.29 is 9.53 Å². The van der Waals surface area contributed by atoms with Gasteiger partial charge in [-0.2, -0.15) is 0 Å². The molecule has 13 heavy (non-hydrogen) atoms. The number of alkyl halides is 1. The Labute approximate surface area is 94.6 Å². The zero-order chi connectivity index (χ0) is 9.94. The van der Waals surface area contributed by atoms with Crippen molar-refractivity contribution >= 4 is 28.6 Å². The van der Waals surface area contributed by atoms with Crippen LogP contribution < -0.4 is 0 Å². The fourth-order valence-corrected chi connectivity index (χ4v) is 1.48. The van der Waals surface area contributed by atoms with Gasteiger partial charge in [0.2, 0.25) is 0 Å². The average molecular weight is 298 g/mol. The number of hydrogen-bond acceptors (Lipinski definition) is 2. The van der Waals surface area contributed by atoms with E-state index in [-0.39, 0.29) is 5.97 Å². The summed E-state index contributed by atoms with van der Waals surface area (Å²) in [6, 6.07) is 0. The maximum absolute atomic E-state index is 10.9. The monoisotopic (exact) mass is 298 g/mol. The molecule has 0 saturated carbocycles. The molecule has 0 aliphatic heterocycles. The van der Waals surface area contributed by atoms with Crippen molar-refractivity contribution in [1.29, 1.82) is 0 Å². The van der Waals surface area contributed by atoms with Gasteiger partial charge in [0.1, 0.15) is 0 Å². The van der Waals surface area contributed by atoms with E-state index in [1.54, 1.807) is 0 Å². The molecule has 0 heterocycles. The second kappa shape index (κ2) is 10.3. The topological polar surface area (TPSA) is 26.3 Å². The highest BCUT2D eigenvalue weighted by Gasteiger charge is 1.99. The SMILES string of the molecule is CCCCCCCOC(=O)CCI. The summed E-state index contributed by atoms with van der Waals surface area (Å²) < 4.78 is 5.87. The first-order valence-electron chi connectivity index (χ1n) is 5.02. The average Bonchev–Trinajstić information content (AvgIpc) is 2.11. The smallest absolute Gasteiger partial charge is 0.306 e. The second-order valence-corrected chi connectivity index (χ2v) is 4.15. The number of unbranched alkanes of at least 4 members (excludes halogenated alkanes) is 4. The summed E-state index contributed by atoms with van der Waals surface area (Å²) in [5.41, 5.74) is 0. The lowest BCUT2D eigenvalue weighted by molar-refractivity contribution is -0.143. The minimum absolute atomic E-state index is 0.0510. The zero-order valence-corrected chi connectivity index (χ0v) is 10.5. The molecular weight excluding hydrogens is 279 g/mol. The Kier molecular flexibility index (Phi) is 10.4. The van der Waals surface area contributed by atoms with Crippen LogP contribution >= 0.6 is 22.6 Å². The molecule has 0 bridgehead atoms. The lowest BCUT2D eigenvalue weighted by Gasteiger charge is -2.02. The Morgan fingerprint density at radius 3 is 2.54 bits per heavy atom. The Bertz CT molecular complexity index is 126. The third-order valence-corrected chi connectivity index (χ3v) is 2.35. The molecule has 0 aromatic rings. The molecular formula is C10H19IO2. The van der Waals surface area contributed by atoms with Crippen LogP contribution in [0.5, 0.6) is 0 Å². The minimum atomic E-state index is -0.0510. The van der Waals surface area contributed by atoms with Crippen LogP contribution in [0.25, 0.3) is 0 Å². The van der Waals surface area contributed by atoms with Crippen LogP contribution in [0.4, 0.5) is 0 Å². The van der Waals surface area contributed by atoms with Crippen molar-refractivity contribution in [1.82, 2.24) is 0 Å². The third kappa shape index (κ3) is 10.1. The van der Waals surface area contributed by atoms with Gasteiger partial charge in [-0.3, -0.25) is 4.79 Å². The lowest BCUT2D eigenvalue weighted by atomic mass is 10.2. The molecule has 0 rings (SSSR count). The van der Waals surface area contributed by atoms with Gasteiger partial charge in [0.05, 0.1) is 13.0 Å². The molecule has 3 heteroatoms. The molecule has 0 aliphatic carbocycles. The molecule has 0 spiro atoms. The molecule has 2 nitrogen and oxygen atoms in total. The first-order valence-corrected chi connectivity index (χ1v) is 6.55. The number of halogens is 1. The Hall–Kier alpha value is 0.200. The van der Waals surface area contributed by atoms with Crippen LogP contribution in [-0.4, -0.2) is 17.0 Å². The van der Waals surface area contributed by atoms with Gasteiger partial charge in [-0.25, -0.2) is 0 Å². The first kappa shape index (κ1) is 13.2. The van der Waals surface area contributed by atoms with E-state index in [4.69, 9.17) is 4.74 Å². The van der Waals surface area contributed by atoms with Crippen molar-refractivity contribution in [2.45, 2.75) is 45.4 Å². The summed E-state index contributed by atoms with van der Waals surface area (Å²) in [4.78, 5) is 10.9. The summed E-state index contributed by atoms with van der Waals surface area (Å²) in [6.07, 6.45) is 6.57. The molecule has 0 aromatic carbocycles. The van der Waals surface area contributed by atoms with E-state index in [1.807, 2.05) is 0 Å². The van der Waals surface area contributed by atoms with Crippen LogP contribution in [0.15, 0.2) is 0 Å². The zero-order valence-electron chi connectivity index (χ0n) is 8.35. The maximum atomic E-state index is 10.9. The van der Waals surface area contributed by atoms with Crippen molar-refractivity contribution in [2.24, 2.45) is 0 Å². The summed E-state index contributed by atoms with van der Waals surface area (Å²) in [6.45, 7) is 2.81. The van der Waals surface area contributed by atoms with E-state index in [1.165, 1.54) is 25.7 Å². The Morgan fingerprint density at radius 1 is 1.23 bits per heavy atom. The highest BCUT2D eigenvalue weighted by atomic mass is 127. The van der Waals surface area contributed by atoms with Gasteiger partial charge in [0.15, 0.2) is 0 Å². The molecule has 0 aliphatic rings. The van der Waals surface area contributed by atoms with Crippen LogP contribution in [0.2, 0.25) is 0 Å². The molecule has 0 radical (unpaired) electrons. The Balaban J connectivity index is 3.02. The largest absolute Gasteiger partial charge is 0.466 e. The minimum Gasteiger partial charge on any atom is -0.466 e.